The molecule has 72 valence electrons. The molecule has 0 amide bonds. The van der Waals surface area contributed by atoms with Gasteiger partial charge in [0.05, 0.1) is 0 Å². The van der Waals surface area contributed by atoms with Crippen molar-refractivity contribution < 1.29 is 14.7 Å². The zero-order valence-electron chi connectivity index (χ0n) is 7.11. The molecular formula is C10H7IO3. The summed E-state index contributed by atoms with van der Waals surface area (Å²) in [5.74, 6) is -1.42. The summed E-state index contributed by atoms with van der Waals surface area (Å²) in [7, 11) is 0. The second kappa shape index (κ2) is 4.90. The summed E-state index contributed by atoms with van der Waals surface area (Å²) in [4.78, 5) is 21.5. The Bertz CT molecular complexity index is 379. The summed E-state index contributed by atoms with van der Waals surface area (Å²) in [6, 6.07) is 6.91. The van der Waals surface area contributed by atoms with Gasteiger partial charge in [-0.1, -0.05) is 12.1 Å². The Morgan fingerprint density at radius 1 is 1.14 bits per heavy atom. The summed E-state index contributed by atoms with van der Waals surface area (Å²) in [6.07, 6.45) is 1.88. The van der Waals surface area contributed by atoms with E-state index < -0.39 is 5.97 Å². The number of carbonyl (C=O) groups excluding carboxylic acids is 1. The second-order valence-corrected chi connectivity index (χ2v) is 3.79. The molecule has 0 heterocycles. The molecule has 3 nitrogen and oxygen atoms in total. The molecule has 1 aromatic rings. The van der Waals surface area contributed by atoms with Crippen LogP contribution in [-0.4, -0.2) is 16.9 Å². The van der Waals surface area contributed by atoms with Crippen molar-refractivity contribution in [1.82, 2.24) is 0 Å². The summed E-state index contributed by atoms with van der Waals surface area (Å²) < 4.78 is 1.03. The fourth-order valence-corrected chi connectivity index (χ4v) is 1.22. The highest BCUT2D eigenvalue weighted by Gasteiger charge is 2.01. The third-order valence-electron chi connectivity index (χ3n) is 1.51. The van der Waals surface area contributed by atoms with Gasteiger partial charge < -0.3 is 5.11 Å². The number of halogens is 1. The van der Waals surface area contributed by atoms with Gasteiger partial charge in [-0.2, -0.15) is 0 Å². The lowest BCUT2D eigenvalue weighted by atomic mass is 10.1. The first kappa shape index (κ1) is 10.9. The molecule has 1 rings (SSSR count). The minimum absolute atomic E-state index is 0.302. The van der Waals surface area contributed by atoms with Crippen LogP contribution in [0, 0.1) is 3.57 Å². The predicted octanol–water partition coefficient (Wildman–Crippen LogP) is 2.11. The molecule has 1 N–H and O–H groups in total. The van der Waals surface area contributed by atoms with Gasteiger partial charge in [-0.05, 0) is 40.8 Å². The van der Waals surface area contributed by atoms with E-state index in [1.807, 2.05) is 0 Å². The van der Waals surface area contributed by atoms with Crippen molar-refractivity contribution in [3.05, 3.63) is 45.6 Å². The zero-order valence-corrected chi connectivity index (χ0v) is 9.26. The predicted molar refractivity (Wildman–Crippen MR) is 60.3 cm³/mol. The normalized spacial score (nSPS) is 10.4. The molecule has 0 fully saturated rings. The summed E-state index contributed by atoms with van der Waals surface area (Å²) in [6.45, 7) is 0. The average molecular weight is 302 g/mol. The number of allylic oxidation sites excluding steroid dienone is 1. The highest BCUT2D eigenvalue weighted by atomic mass is 127. The number of carboxylic acid groups (broad SMARTS) is 1. The van der Waals surface area contributed by atoms with Crippen molar-refractivity contribution >= 4 is 34.3 Å². The topological polar surface area (TPSA) is 54.4 Å². The number of aliphatic carboxylic acids is 1. The van der Waals surface area contributed by atoms with E-state index in [9.17, 15) is 9.59 Å². The van der Waals surface area contributed by atoms with Gasteiger partial charge >= 0.3 is 5.97 Å². The van der Waals surface area contributed by atoms with Crippen LogP contribution in [0.1, 0.15) is 10.4 Å². The van der Waals surface area contributed by atoms with Gasteiger partial charge in [0, 0.05) is 15.2 Å². The Kier molecular flexibility index (Phi) is 3.82. The molecule has 0 aromatic heterocycles. The molecule has 0 radical (unpaired) electrons. The molecule has 1 aromatic carbocycles. The first-order valence-corrected chi connectivity index (χ1v) is 4.88. The molecule has 0 aliphatic rings. The fraction of sp³-hybridized carbons (Fsp3) is 0. The van der Waals surface area contributed by atoms with E-state index in [4.69, 9.17) is 5.11 Å². The first-order chi connectivity index (χ1) is 6.59. The second-order valence-electron chi connectivity index (χ2n) is 2.54. The molecule has 0 aliphatic heterocycles. The quantitative estimate of drug-likeness (QED) is 0.528. The van der Waals surface area contributed by atoms with E-state index in [1.54, 1.807) is 24.3 Å². The van der Waals surface area contributed by atoms with E-state index >= 15 is 0 Å². The Balaban J connectivity index is 2.80. The van der Waals surface area contributed by atoms with Gasteiger partial charge in [-0.15, -0.1) is 0 Å². The van der Waals surface area contributed by atoms with E-state index in [0.717, 1.165) is 15.7 Å². The molecule has 0 unspecified atom stereocenters. The molecule has 0 atom stereocenters. The molecule has 0 aliphatic carbocycles. The van der Waals surface area contributed by atoms with Gasteiger partial charge in [0.1, 0.15) is 0 Å². The van der Waals surface area contributed by atoms with Crippen LogP contribution in [0.2, 0.25) is 0 Å². The standard InChI is InChI=1S/C10H7IO3/c11-8-3-1-7(2-4-8)9(12)5-6-10(13)14/h1-6H,(H,13,14). The molecule has 0 spiro atoms. The van der Waals surface area contributed by atoms with Gasteiger partial charge in [0.2, 0.25) is 0 Å². The molecule has 4 heteroatoms. The SMILES string of the molecule is O=C(O)C=CC(=O)c1ccc(I)cc1. The van der Waals surface area contributed by atoms with Crippen LogP contribution in [0.5, 0.6) is 0 Å². The fourth-order valence-electron chi connectivity index (χ4n) is 0.857. The monoisotopic (exact) mass is 302 g/mol. The maximum Gasteiger partial charge on any atom is 0.328 e. The highest BCUT2D eigenvalue weighted by molar-refractivity contribution is 14.1. The Hall–Kier alpha value is -1.17. The number of hydrogen-bond donors (Lipinski definition) is 1. The van der Waals surface area contributed by atoms with Crippen LogP contribution in [-0.2, 0) is 4.79 Å². The zero-order chi connectivity index (χ0) is 10.6. The summed E-state index contributed by atoms with van der Waals surface area (Å²) >= 11 is 2.13. The Morgan fingerprint density at radius 3 is 2.21 bits per heavy atom. The van der Waals surface area contributed by atoms with Crippen LogP contribution in [0.25, 0.3) is 0 Å². The average Bonchev–Trinajstić information content (AvgIpc) is 2.15. The molecule has 0 saturated carbocycles. The van der Waals surface area contributed by atoms with Gasteiger partial charge in [-0.25, -0.2) is 4.79 Å². The molecule has 14 heavy (non-hydrogen) atoms. The van der Waals surface area contributed by atoms with E-state index in [0.29, 0.717) is 5.56 Å². The van der Waals surface area contributed by atoms with Crippen LogP contribution < -0.4 is 0 Å². The molecule has 0 saturated heterocycles. The van der Waals surface area contributed by atoms with Crippen LogP contribution in [0.4, 0.5) is 0 Å². The lowest BCUT2D eigenvalue weighted by Crippen LogP contribution is -1.96. The largest absolute Gasteiger partial charge is 0.478 e. The Morgan fingerprint density at radius 2 is 1.71 bits per heavy atom. The van der Waals surface area contributed by atoms with E-state index in [-0.39, 0.29) is 5.78 Å². The number of benzene rings is 1. The number of hydrogen-bond acceptors (Lipinski definition) is 2. The van der Waals surface area contributed by atoms with Gasteiger partial charge in [0.15, 0.2) is 5.78 Å². The van der Waals surface area contributed by atoms with E-state index in [2.05, 4.69) is 22.6 Å². The Labute approximate surface area is 94.6 Å². The number of carboxylic acids is 1. The smallest absolute Gasteiger partial charge is 0.328 e. The van der Waals surface area contributed by atoms with Crippen molar-refractivity contribution in [2.24, 2.45) is 0 Å². The maximum atomic E-state index is 11.3. The molecule has 0 bridgehead atoms. The number of carbonyl (C=O) groups is 2. The molecular weight excluding hydrogens is 295 g/mol. The van der Waals surface area contributed by atoms with Crippen molar-refractivity contribution in [1.29, 1.82) is 0 Å². The minimum Gasteiger partial charge on any atom is -0.478 e. The van der Waals surface area contributed by atoms with E-state index in [1.165, 1.54) is 0 Å². The van der Waals surface area contributed by atoms with Crippen molar-refractivity contribution in [3.63, 3.8) is 0 Å². The van der Waals surface area contributed by atoms with Crippen molar-refractivity contribution in [2.45, 2.75) is 0 Å². The summed E-state index contributed by atoms with van der Waals surface area (Å²) in [5, 5.41) is 8.31. The van der Waals surface area contributed by atoms with Crippen LogP contribution in [0.3, 0.4) is 0 Å². The number of rotatable bonds is 3. The highest BCUT2D eigenvalue weighted by Crippen LogP contribution is 2.07. The third kappa shape index (κ3) is 3.29. The maximum absolute atomic E-state index is 11.3. The van der Waals surface area contributed by atoms with Gasteiger partial charge in [-0.3, -0.25) is 4.79 Å². The van der Waals surface area contributed by atoms with Crippen molar-refractivity contribution in [2.75, 3.05) is 0 Å². The van der Waals surface area contributed by atoms with Crippen LogP contribution >= 0.6 is 22.6 Å². The van der Waals surface area contributed by atoms with Crippen LogP contribution in [0.15, 0.2) is 36.4 Å². The first-order valence-electron chi connectivity index (χ1n) is 3.80. The number of ketones is 1. The minimum atomic E-state index is -1.12. The lowest BCUT2D eigenvalue weighted by molar-refractivity contribution is -0.131. The third-order valence-corrected chi connectivity index (χ3v) is 2.23. The van der Waals surface area contributed by atoms with Gasteiger partial charge in [0.25, 0.3) is 0 Å². The summed E-state index contributed by atoms with van der Waals surface area (Å²) in [5.41, 5.74) is 0.489. The van der Waals surface area contributed by atoms with Crippen molar-refractivity contribution in [3.8, 4) is 0 Å². The lowest BCUT2D eigenvalue weighted by Gasteiger charge is -1.94.